The van der Waals surface area contributed by atoms with Crippen molar-refractivity contribution < 1.29 is 17.9 Å². The second-order valence-electron chi connectivity index (χ2n) is 6.38. The Labute approximate surface area is 159 Å². The van der Waals surface area contributed by atoms with Crippen molar-refractivity contribution in [1.82, 2.24) is 0 Å². The fourth-order valence-electron chi connectivity index (χ4n) is 3.43. The largest absolute Gasteiger partial charge is 0.368 e. The summed E-state index contributed by atoms with van der Waals surface area (Å²) in [5.41, 5.74) is 0.838. The predicted octanol–water partition coefficient (Wildman–Crippen LogP) is 2.23. The first-order valence-corrected chi connectivity index (χ1v) is 11.6. The van der Waals surface area contributed by atoms with Crippen molar-refractivity contribution in [3.63, 3.8) is 0 Å². The quantitative estimate of drug-likeness (QED) is 0.695. The number of fused-ring (bicyclic) bond motifs is 1. The molecule has 0 bridgehead atoms. The Bertz CT molecular complexity index is 836. The van der Waals surface area contributed by atoms with Crippen molar-refractivity contribution in [1.29, 1.82) is 0 Å². The third kappa shape index (κ3) is 3.51. The summed E-state index contributed by atoms with van der Waals surface area (Å²) in [5, 5.41) is 0.475. The molecular weight excluding hydrogens is 428 g/mol. The zero-order valence-corrected chi connectivity index (χ0v) is 16.5. The second-order valence-corrected chi connectivity index (χ2v) is 10.7. The lowest BCUT2D eigenvalue weighted by Crippen LogP contribution is -2.38. The number of rotatable bonds is 2. The molecule has 3 atom stereocenters. The average molecular weight is 445 g/mol. The van der Waals surface area contributed by atoms with Gasteiger partial charge >= 0.3 is 0 Å². The smallest absolute Gasteiger partial charge is 0.277 e. The van der Waals surface area contributed by atoms with Gasteiger partial charge in [-0.25, -0.2) is 8.42 Å². The molecule has 0 spiro atoms. The second kappa shape index (κ2) is 6.68. The Balaban J connectivity index is 1.69. The zero-order valence-electron chi connectivity index (χ0n) is 13.3. The Hall–Kier alpha value is -0.900. The molecule has 0 aromatic heterocycles. The molecule has 0 aliphatic carbocycles. The highest BCUT2D eigenvalue weighted by Gasteiger charge is 2.49. The van der Waals surface area contributed by atoms with Crippen LogP contribution in [-0.4, -0.2) is 55.0 Å². The molecule has 3 fully saturated rings. The molecule has 0 saturated carbocycles. The number of carbonyl (C=O) groups is 1. The number of halogens is 1. The van der Waals surface area contributed by atoms with E-state index in [1.165, 1.54) is 11.8 Å². The molecule has 1 aromatic rings. The van der Waals surface area contributed by atoms with Crippen LogP contribution < -0.4 is 4.90 Å². The van der Waals surface area contributed by atoms with E-state index in [1.807, 2.05) is 29.2 Å². The number of amides is 1. The van der Waals surface area contributed by atoms with Gasteiger partial charge in [-0.3, -0.25) is 4.79 Å². The lowest BCUT2D eigenvalue weighted by Gasteiger charge is -2.24. The van der Waals surface area contributed by atoms with Crippen molar-refractivity contribution in [2.45, 2.75) is 30.2 Å². The summed E-state index contributed by atoms with van der Waals surface area (Å²) < 4.78 is 30.4. The van der Waals surface area contributed by atoms with Gasteiger partial charge in [0.2, 0.25) is 0 Å². The maximum absolute atomic E-state index is 12.4. The fourth-order valence-corrected chi connectivity index (χ4v) is 7.74. The number of nitrogens with zero attached hydrogens (tertiary/aromatic N) is 2. The molecule has 3 saturated heterocycles. The van der Waals surface area contributed by atoms with Crippen LogP contribution in [0.1, 0.15) is 12.8 Å². The van der Waals surface area contributed by atoms with Crippen molar-refractivity contribution in [3.05, 3.63) is 28.7 Å². The van der Waals surface area contributed by atoms with Gasteiger partial charge in [0.15, 0.2) is 15.0 Å². The van der Waals surface area contributed by atoms with Crippen LogP contribution in [0.5, 0.6) is 0 Å². The Morgan fingerprint density at radius 1 is 1.36 bits per heavy atom. The molecule has 4 rings (SSSR count). The van der Waals surface area contributed by atoms with Crippen LogP contribution in [0.4, 0.5) is 5.69 Å². The minimum absolute atomic E-state index is 0.0876. The number of benzene rings is 1. The summed E-state index contributed by atoms with van der Waals surface area (Å²) in [6, 6.07) is 7.43. The van der Waals surface area contributed by atoms with Crippen LogP contribution in [0.25, 0.3) is 0 Å². The fraction of sp³-hybridized carbons (Fsp3) is 0.500. The van der Waals surface area contributed by atoms with Crippen molar-refractivity contribution in [3.8, 4) is 0 Å². The molecule has 134 valence electrons. The van der Waals surface area contributed by atoms with Crippen LogP contribution in [0.2, 0.25) is 0 Å². The molecule has 3 aliphatic rings. The number of ether oxygens (including phenoxy) is 1. The summed E-state index contributed by atoms with van der Waals surface area (Å²) in [6.07, 6.45) is 1.09. The Morgan fingerprint density at radius 3 is 2.92 bits per heavy atom. The molecule has 6 nitrogen and oxygen atoms in total. The van der Waals surface area contributed by atoms with Gasteiger partial charge in [-0.05, 0) is 31.0 Å². The number of anilines is 1. The lowest BCUT2D eigenvalue weighted by atomic mass is 10.2. The number of hydrogen-bond acceptors (Lipinski definition) is 5. The summed E-state index contributed by atoms with van der Waals surface area (Å²) >= 11 is 4.83. The molecule has 0 unspecified atom stereocenters. The highest BCUT2D eigenvalue weighted by molar-refractivity contribution is 9.10. The molecule has 9 heteroatoms. The Kier molecular flexibility index (Phi) is 4.68. The van der Waals surface area contributed by atoms with E-state index in [0.717, 1.165) is 16.6 Å². The van der Waals surface area contributed by atoms with E-state index >= 15 is 0 Å². The molecular formula is C16H17BrN2O4S2. The topological polar surface area (TPSA) is 76.0 Å². The van der Waals surface area contributed by atoms with Crippen LogP contribution in [0.15, 0.2) is 33.7 Å². The van der Waals surface area contributed by atoms with Crippen molar-refractivity contribution in [2.24, 2.45) is 4.99 Å². The number of carbonyl (C=O) groups excluding carboxylic acids is 1. The summed E-state index contributed by atoms with van der Waals surface area (Å²) in [7, 11) is -3.06. The van der Waals surface area contributed by atoms with Gasteiger partial charge in [0, 0.05) is 22.0 Å². The van der Waals surface area contributed by atoms with E-state index in [2.05, 4.69) is 20.9 Å². The monoisotopic (exact) mass is 444 g/mol. The van der Waals surface area contributed by atoms with Gasteiger partial charge in [-0.1, -0.05) is 33.8 Å². The van der Waals surface area contributed by atoms with E-state index in [-0.39, 0.29) is 28.7 Å². The van der Waals surface area contributed by atoms with Gasteiger partial charge in [-0.15, -0.1) is 0 Å². The van der Waals surface area contributed by atoms with Crippen molar-refractivity contribution in [2.75, 3.05) is 23.0 Å². The predicted molar refractivity (Wildman–Crippen MR) is 102 cm³/mol. The maximum atomic E-state index is 12.4. The number of hydrogen-bond donors (Lipinski definition) is 0. The minimum atomic E-state index is -3.06. The third-order valence-electron chi connectivity index (χ3n) is 4.56. The van der Waals surface area contributed by atoms with Gasteiger partial charge in [-0.2, -0.15) is 4.99 Å². The Morgan fingerprint density at radius 2 is 2.20 bits per heavy atom. The van der Waals surface area contributed by atoms with E-state index in [9.17, 15) is 13.2 Å². The van der Waals surface area contributed by atoms with Crippen LogP contribution >= 0.6 is 27.7 Å². The molecule has 3 heterocycles. The minimum Gasteiger partial charge on any atom is -0.368 e. The molecule has 1 amide bonds. The van der Waals surface area contributed by atoms with Gasteiger partial charge in [0.25, 0.3) is 5.91 Å². The van der Waals surface area contributed by atoms with Gasteiger partial charge in [0.1, 0.15) is 6.10 Å². The first-order chi connectivity index (χ1) is 11.9. The van der Waals surface area contributed by atoms with Crippen LogP contribution in [0, 0.1) is 0 Å². The first-order valence-electron chi connectivity index (χ1n) is 8.09. The molecule has 25 heavy (non-hydrogen) atoms. The molecule has 0 N–H and O–H groups in total. The van der Waals surface area contributed by atoms with Crippen molar-refractivity contribution >= 4 is 54.3 Å². The zero-order chi connectivity index (χ0) is 17.6. The van der Waals surface area contributed by atoms with Gasteiger partial charge in [0.05, 0.1) is 17.5 Å². The van der Waals surface area contributed by atoms with E-state index in [4.69, 9.17) is 4.74 Å². The first kappa shape index (κ1) is 17.5. The standard InChI is InChI=1S/C16H17BrN2O4S2/c17-10-3-1-4-11(7-10)19-12-8-25(21,22)9-14(12)24-16(19)18-15(20)13-5-2-6-23-13/h1,3-4,7,12-14H,2,5-6,8-9H2/t12-,13+,14+/m0/s1. The third-order valence-corrected chi connectivity index (χ3v) is 8.27. The number of thioether (sulfide) groups is 1. The highest BCUT2D eigenvalue weighted by Crippen LogP contribution is 2.41. The summed E-state index contributed by atoms with van der Waals surface area (Å²) in [5.74, 6) is -0.0626. The molecule has 0 radical (unpaired) electrons. The highest BCUT2D eigenvalue weighted by atomic mass is 79.9. The maximum Gasteiger partial charge on any atom is 0.277 e. The normalized spacial score (nSPS) is 32.3. The lowest BCUT2D eigenvalue weighted by molar-refractivity contribution is -0.126. The number of sulfone groups is 1. The van der Waals surface area contributed by atoms with Crippen LogP contribution in [-0.2, 0) is 19.4 Å². The average Bonchev–Trinajstić information content (AvgIpc) is 3.21. The molecule has 3 aliphatic heterocycles. The molecule has 1 aromatic carbocycles. The van der Waals surface area contributed by atoms with Crippen LogP contribution in [0.3, 0.4) is 0 Å². The number of aliphatic imine (C=N–C) groups is 1. The van der Waals surface area contributed by atoms with E-state index in [1.54, 1.807) is 0 Å². The van der Waals surface area contributed by atoms with E-state index in [0.29, 0.717) is 18.2 Å². The number of amidine groups is 1. The van der Waals surface area contributed by atoms with E-state index < -0.39 is 15.9 Å². The van der Waals surface area contributed by atoms with Gasteiger partial charge < -0.3 is 9.64 Å². The SMILES string of the molecule is O=C(N=C1S[C@@H]2CS(=O)(=O)C[C@@H]2N1c1cccc(Br)c1)[C@H]1CCCO1. The summed E-state index contributed by atoms with van der Waals surface area (Å²) in [6.45, 7) is 0.591. The summed E-state index contributed by atoms with van der Waals surface area (Å²) in [4.78, 5) is 18.6.